The molecule has 0 bridgehead atoms. The minimum atomic E-state index is -0.294. The van der Waals surface area contributed by atoms with E-state index in [2.05, 4.69) is 21.3 Å². The zero-order valence-electron chi connectivity index (χ0n) is 16.4. The van der Waals surface area contributed by atoms with Gasteiger partial charge in [0.15, 0.2) is 0 Å². The van der Waals surface area contributed by atoms with Crippen LogP contribution in [0.5, 0.6) is 5.75 Å². The fraction of sp³-hybridized carbons (Fsp3) is 0.455. The zero-order valence-corrected chi connectivity index (χ0v) is 16.4. The van der Waals surface area contributed by atoms with Gasteiger partial charge in [-0.05, 0) is 42.7 Å². The van der Waals surface area contributed by atoms with Crippen LogP contribution in [0.2, 0.25) is 0 Å². The molecule has 152 valence electrons. The van der Waals surface area contributed by atoms with Crippen molar-refractivity contribution in [2.75, 3.05) is 38.2 Å². The van der Waals surface area contributed by atoms with Gasteiger partial charge in [-0.15, -0.1) is 0 Å². The Bertz CT molecular complexity index is 867. The number of nitriles is 1. The second-order valence-corrected chi connectivity index (χ2v) is 7.82. The zero-order chi connectivity index (χ0) is 20.1. The Morgan fingerprint density at radius 3 is 3.07 bits per heavy atom. The van der Waals surface area contributed by atoms with Crippen LogP contribution in [0.4, 0.5) is 5.82 Å². The molecular formula is C22H26N4O3. The Balaban J connectivity index is 1.34. The van der Waals surface area contributed by atoms with Crippen LogP contribution in [0.3, 0.4) is 0 Å². The lowest BCUT2D eigenvalue weighted by Gasteiger charge is -2.32. The van der Waals surface area contributed by atoms with Gasteiger partial charge in [-0.3, -0.25) is 4.90 Å². The van der Waals surface area contributed by atoms with Gasteiger partial charge in [0.05, 0.1) is 24.9 Å². The summed E-state index contributed by atoms with van der Waals surface area (Å²) in [6, 6.07) is 13.1. The molecule has 29 heavy (non-hydrogen) atoms. The summed E-state index contributed by atoms with van der Waals surface area (Å²) in [6.45, 7) is 4.39. The monoisotopic (exact) mass is 394 g/mol. The van der Waals surface area contributed by atoms with Crippen molar-refractivity contribution in [1.29, 1.82) is 5.26 Å². The molecule has 0 amide bonds. The number of aromatic hydroxyl groups is 1. The van der Waals surface area contributed by atoms with Gasteiger partial charge in [0.25, 0.3) is 0 Å². The van der Waals surface area contributed by atoms with Crippen LogP contribution >= 0.6 is 0 Å². The molecule has 2 aromatic rings. The first kappa shape index (κ1) is 19.6. The quantitative estimate of drug-likeness (QED) is 0.805. The SMILES string of the molecule is N#Cc1ccc(NC[C@@H]2CC[C@]3(COCCN(Cc4cccc(O)c4)C3)O2)nc1. The van der Waals surface area contributed by atoms with E-state index in [9.17, 15) is 5.11 Å². The van der Waals surface area contributed by atoms with Crippen molar-refractivity contribution in [3.05, 3.63) is 53.7 Å². The van der Waals surface area contributed by atoms with Gasteiger partial charge >= 0.3 is 0 Å². The van der Waals surface area contributed by atoms with Crippen LogP contribution in [-0.2, 0) is 16.0 Å². The Labute approximate surface area is 170 Å². The highest BCUT2D eigenvalue weighted by molar-refractivity contribution is 5.39. The van der Waals surface area contributed by atoms with Crippen molar-refractivity contribution in [2.45, 2.75) is 31.1 Å². The van der Waals surface area contributed by atoms with Crippen molar-refractivity contribution in [3.8, 4) is 11.8 Å². The molecule has 2 aliphatic heterocycles. The first-order chi connectivity index (χ1) is 14.1. The number of aromatic nitrogens is 1. The lowest BCUT2D eigenvalue weighted by atomic mass is 10.00. The lowest BCUT2D eigenvalue weighted by Crippen LogP contribution is -2.44. The summed E-state index contributed by atoms with van der Waals surface area (Å²) in [5, 5.41) is 21.9. The standard InChI is InChI=1S/C22H26N4O3/c23-11-18-4-5-21(24-12-18)25-13-20-6-7-22(29-20)15-26(8-9-28-16-22)14-17-2-1-3-19(27)10-17/h1-5,10,12,20,27H,6-9,13-16H2,(H,24,25)/t20-,22-/m0/s1. The van der Waals surface area contributed by atoms with Gasteiger partial charge in [-0.1, -0.05) is 12.1 Å². The molecular weight excluding hydrogens is 368 g/mol. The number of phenolic OH excluding ortho intramolecular Hbond substituents is 1. The number of hydrogen-bond donors (Lipinski definition) is 2. The molecule has 1 spiro atoms. The van der Waals surface area contributed by atoms with E-state index >= 15 is 0 Å². The number of nitrogens with one attached hydrogen (secondary N) is 1. The normalized spacial score (nSPS) is 24.9. The Kier molecular flexibility index (Phi) is 5.95. The third kappa shape index (κ3) is 5.04. The maximum Gasteiger partial charge on any atom is 0.126 e. The first-order valence-corrected chi connectivity index (χ1v) is 10.00. The van der Waals surface area contributed by atoms with Crippen LogP contribution in [0.1, 0.15) is 24.0 Å². The molecule has 2 N–H and O–H groups in total. The van der Waals surface area contributed by atoms with E-state index in [-0.39, 0.29) is 11.7 Å². The number of ether oxygens (including phenoxy) is 2. The second kappa shape index (κ2) is 8.78. The average molecular weight is 394 g/mol. The van der Waals surface area contributed by atoms with Crippen molar-refractivity contribution >= 4 is 5.82 Å². The predicted molar refractivity (Wildman–Crippen MR) is 108 cm³/mol. The van der Waals surface area contributed by atoms with Crippen LogP contribution in [0, 0.1) is 11.3 Å². The maximum absolute atomic E-state index is 9.72. The molecule has 2 saturated heterocycles. The molecule has 0 unspecified atom stereocenters. The lowest BCUT2D eigenvalue weighted by molar-refractivity contribution is -0.0826. The Morgan fingerprint density at radius 1 is 1.34 bits per heavy atom. The van der Waals surface area contributed by atoms with E-state index in [0.717, 1.165) is 43.9 Å². The van der Waals surface area contributed by atoms with Crippen LogP contribution in [-0.4, -0.2) is 59.5 Å². The third-order valence-electron chi connectivity index (χ3n) is 5.49. The molecule has 7 heteroatoms. The maximum atomic E-state index is 9.72. The van der Waals surface area contributed by atoms with E-state index < -0.39 is 0 Å². The van der Waals surface area contributed by atoms with Crippen molar-refractivity contribution in [1.82, 2.24) is 9.88 Å². The number of phenols is 1. The van der Waals surface area contributed by atoms with E-state index in [0.29, 0.717) is 31.1 Å². The molecule has 4 rings (SSSR count). The predicted octanol–water partition coefficient (Wildman–Crippen LogP) is 2.52. The summed E-state index contributed by atoms with van der Waals surface area (Å²) >= 11 is 0. The highest BCUT2D eigenvalue weighted by atomic mass is 16.6. The molecule has 2 aliphatic rings. The molecule has 0 radical (unpaired) electrons. The highest BCUT2D eigenvalue weighted by Crippen LogP contribution is 2.33. The highest BCUT2D eigenvalue weighted by Gasteiger charge is 2.42. The summed E-state index contributed by atoms with van der Waals surface area (Å²) in [4.78, 5) is 6.60. The minimum Gasteiger partial charge on any atom is -0.508 e. The van der Waals surface area contributed by atoms with Crippen molar-refractivity contribution in [3.63, 3.8) is 0 Å². The number of anilines is 1. The number of hydrogen-bond acceptors (Lipinski definition) is 7. The van der Waals surface area contributed by atoms with Crippen molar-refractivity contribution in [2.24, 2.45) is 0 Å². The molecule has 3 heterocycles. The van der Waals surface area contributed by atoms with Gasteiger partial charge in [0.2, 0.25) is 0 Å². The van der Waals surface area contributed by atoms with Gasteiger partial charge in [0, 0.05) is 32.4 Å². The van der Waals surface area contributed by atoms with Gasteiger partial charge < -0.3 is 19.9 Å². The number of nitrogens with zero attached hydrogens (tertiary/aromatic N) is 3. The molecule has 1 aromatic carbocycles. The van der Waals surface area contributed by atoms with Crippen LogP contribution in [0.15, 0.2) is 42.6 Å². The molecule has 0 aliphatic carbocycles. The van der Waals surface area contributed by atoms with Gasteiger partial charge in [0.1, 0.15) is 23.2 Å². The van der Waals surface area contributed by atoms with Gasteiger partial charge in [-0.25, -0.2) is 4.98 Å². The largest absolute Gasteiger partial charge is 0.508 e. The van der Waals surface area contributed by atoms with Crippen molar-refractivity contribution < 1.29 is 14.6 Å². The van der Waals surface area contributed by atoms with Crippen LogP contribution in [0.25, 0.3) is 0 Å². The van der Waals surface area contributed by atoms with E-state index in [1.54, 1.807) is 18.3 Å². The summed E-state index contributed by atoms with van der Waals surface area (Å²) in [5.41, 5.74) is 1.34. The van der Waals surface area contributed by atoms with E-state index in [1.807, 2.05) is 24.3 Å². The summed E-state index contributed by atoms with van der Waals surface area (Å²) < 4.78 is 12.4. The third-order valence-corrected chi connectivity index (χ3v) is 5.49. The molecule has 7 nitrogen and oxygen atoms in total. The second-order valence-electron chi connectivity index (χ2n) is 7.82. The van der Waals surface area contributed by atoms with E-state index in [1.165, 1.54) is 0 Å². The van der Waals surface area contributed by atoms with Gasteiger partial charge in [-0.2, -0.15) is 5.26 Å². The summed E-state index contributed by atoms with van der Waals surface area (Å²) in [7, 11) is 0. The number of rotatable bonds is 5. The molecule has 2 atom stereocenters. The summed E-state index contributed by atoms with van der Waals surface area (Å²) in [6.07, 6.45) is 3.58. The van der Waals surface area contributed by atoms with E-state index in [4.69, 9.17) is 14.7 Å². The molecule has 2 fully saturated rings. The first-order valence-electron chi connectivity index (χ1n) is 10.00. The molecule has 0 saturated carbocycles. The topological polar surface area (TPSA) is 90.6 Å². The van der Waals surface area contributed by atoms with Crippen LogP contribution < -0.4 is 5.32 Å². The average Bonchev–Trinajstić information content (AvgIpc) is 3.01. The number of benzene rings is 1. The fourth-order valence-electron chi connectivity index (χ4n) is 4.08. The Hall–Kier alpha value is -2.66. The smallest absolute Gasteiger partial charge is 0.126 e. The molecule has 1 aromatic heterocycles. The fourth-order valence-corrected chi connectivity index (χ4v) is 4.08. The summed E-state index contributed by atoms with van der Waals surface area (Å²) in [5.74, 6) is 1.04. The minimum absolute atomic E-state index is 0.0942. The Morgan fingerprint density at radius 2 is 2.28 bits per heavy atom. The number of pyridine rings is 1.